The van der Waals surface area contributed by atoms with Crippen LogP contribution in [0.4, 0.5) is 4.79 Å². The molecule has 1 N–H and O–H groups in total. The highest BCUT2D eigenvalue weighted by Gasteiger charge is 2.32. The Morgan fingerprint density at radius 3 is 2.36 bits per heavy atom. The molecule has 1 aliphatic rings. The number of carbonyl (C=O) groups excluding carboxylic acids is 1. The second-order valence-corrected chi connectivity index (χ2v) is 8.96. The summed E-state index contributed by atoms with van der Waals surface area (Å²) in [6.45, 7) is 3.56. The number of fused-ring (bicyclic) bond motifs is 3. The molecule has 1 atom stereocenters. The van der Waals surface area contributed by atoms with Gasteiger partial charge in [-0.3, -0.25) is 4.79 Å². The average molecular weight is 494 g/mol. The van der Waals surface area contributed by atoms with Gasteiger partial charge in [-0.15, -0.1) is 11.8 Å². The second-order valence-electron chi connectivity index (χ2n) is 7.74. The predicted octanol–water partition coefficient (Wildman–Crippen LogP) is 5.24. The highest BCUT2D eigenvalue weighted by molar-refractivity contribution is 7.98. The lowest BCUT2D eigenvalue weighted by atomic mass is 9.95. The molecular weight excluding hydrogens is 466 g/mol. The van der Waals surface area contributed by atoms with E-state index in [1.54, 1.807) is 33.1 Å². The Morgan fingerprint density at radius 1 is 1.12 bits per heavy atom. The molecule has 33 heavy (non-hydrogen) atoms. The highest BCUT2D eigenvalue weighted by Crippen LogP contribution is 2.54. The van der Waals surface area contributed by atoms with Crippen LogP contribution >= 0.6 is 23.4 Å². The summed E-state index contributed by atoms with van der Waals surface area (Å²) in [6.07, 6.45) is 2.00. The number of amides is 1. The van der Waals surface area contributed by atoms with Gasteiger partial charge in [0.1, 0.15) is 0 Å². The van der Waals surface area contributed by atoms with Crippen molar-refractivity contribution in [3.63, 3.8) is 0 Å². The number of nitrogens with one attached hydrogen (secondary N) is 1. The molecule has 0 saturated carbocycles. The van der Waals surface area contributed by atoms with Crippen molar-refractivity contribution < 1.29 is 23.7 Å². The van der Waals surface area contributed by atoms with Gasteiger partial charge >= 0.3 is 6.09 Å². The third-order valence-electron chi connectivity index (χ3n) is 5.44. The van der Waals surface area contributed by atoms with E-state index in [0.29, 0.717) is 51.1 Å². The SMILES string of the molecule is COc1c(Cl)c2c(c(OC)c1OC)-c1ccc(SC)c(=O)cc1[C@@H](NC(=O)OC(C)C)CC2. The average Bonchev–Trinajstić information content (AvgIpc) is 3.02. The number of carbonyl (C=O) groups is 1. The molecule has 2 aromatic rings. The summed E-state index contributed by atoms with van der Waals surface area (Å²) in [4.78, 5) is 26.0. The van der Waals surface area contributed by atoms with Crippen LogP contribution in [-0.4, -0.2) is 39.8 Å². The molecule has 1 aliphatic carbocycles. The molecule has 0 spiro atoms. The van der Waals surface area contributed by atoms with Gasteiger partial charge in [0.05, 0.1) is 43.4 Å². The molecule has 9 heteroatoms. The standard InChI is InChI=1S/C24H28ClNO6S/c1-12(2)32-24(28)26-16-9-7-14-19(13-8-10-18(33-6)17(27)11-15(13)16)21(29-3)23(31-5)22(30-4)20(14)25/h8,10-12,16H,7,9H2,1-6H3,(H,26,28)/t16-/m0/s1. The summed E-state index contributed by atoms with van der Waals surface area (Å²) in [5.41, 5.74) is 2.73. The first-order valence-corrected chi connectivity index (χ1v) is 12.1. The first-order valence-electron chi connectivity index (χ1n) is 10.5. The Balaban J connectivity index is 2.36. The molecule has 0 aromatic heterocycles. The number of halogens is 1. The summed E-state index contributed by atoms with van der Waals surface area (Å²) in [5, 5.41) is 3.32. The summed E-state index contributed by atoms with van der Waals surface area (Å²) in [5.74, 6) is 1.18. The van der Waals surface area contributed by atoms with Crippen LogP contribution in [-0.2, 0) is 11.2 Å². The van der Waals surface area contributed by atoms with Crippen molar-refractivity contribution in [3.05, 3.63) is 44.6 Å². The minimum atomic E-state index is -0.552. The molecule has 0 bridgehead atoms. The zero-order valence-electron chi connectivity index (χ0n) is 19.5. The normalized spacial score (nSPS) is 14.6. The second kappa shape index (κ2) is 10.6. The minimum absolute atomic E-state index is 0.137. The van der Waals surface area contributed by atoms with E-state index in [1.807, 2.05) is 12.3 Å². The monoisotopic (exact) mass is 493 g/mol. The van der Waals surface area contributed by atoms with Crippen molar-refractivity contribution in [1.29, 1.82) is 0 Å². The van der Waals surface area contributed by atoms with Crippen molar-refractivity contribution in [2.45, 2.75) is 43.7 Å². The zero-order chi connectivity index (χ0) is 24.3. The molecule has 1 amide bonds. The van der Waals surface area contributed by atoms with Crippen LogP contribution in [0.15, 0.2) is 27.9 Å². The molecule has 0 radical (unpaired) electrons. The van der Waals surface area contributed by atoms with Gasteiger partial charge in [0.25, 0.3) is 0 Å². The first kappa shape index (κ1) is 25.1. The molecule has 0 saturated heterocycles. The maximum absolute atomic E-state index is 12.9. The fourth-order valence-electron chi connectivity index (χ4n) is 4.08. The van der Waals surface area contributed by atoms with Crippen LogP contribution in [0.1, 0.15) is 37.4 Å². The number of ether oxygens (including phenoxy) is 4. The quantitative estimate of drug-likeness (QED) is 0.551. The Morgan fingerprint density at radius 2 is 1.79 bits per heavy atom. The molecular formula is C24H28ClNO6S. The van der Waals surface area contributed by atoms with Crippen molar-refractivity contribution in [2.75, 3.05) is 27.6 Å². The first-order chi connectivity index (χ1) is 15.8. The van der Waals surface area contributed by atoms with E-state index in [1.165, 1.54) is 26.0 Å². The molecule has 2 aromatic carbocycles. The number of hydrogen-bond donors (Lipinski definition) is 1. The largest absolute Gasteiger partial charge is 0.492 e. The van der Waals surface area contributed by atoms with Crippen molar-refractivity contribution >= 4 is 29.5 Å². The molecule has 178 valence electrons. The number of thioether (sulfide) groups is 1. The summed E-state index contributed by atoms with van der Waals surface area (Å²) < 4.78 is 22.2. The number of alkyl carbamates (subject to hydrolysis) is 1. The van der Waals surface area contributed by atoms with Gasteiger partial charge in [-0.25, -0.2) is 4.79 Å². The smallest absolute Gasteiger partial charge is 0.407 e. The van der Waals surface area contributed by atoms with Gasteiger partial charge < -0.3 is 24.3 Å². The Labute approximate surface area is 202 Å². The zero-order valence-corrected chi connectivity index (χ0v) is 21.1. The Bertz CT molecular complexity index is 1120. The van der Waals surface area contributed by atoms with Gasteiger partial charge in [0.2, 0.25) is 5.75 Å². The molecule has 3 rings (SSSR count). The van der Waals surface area contributed by atoms with E-state index in [9.17, 15) is 9.59 Å². The van der Waals surface area contributed by atoms with Crippen LogP contribution in [0.2, 0.25) is 5.02 Å². The predicted molar refractivity (Wildman–Crippen MR) is 130 cm³/mol. The van der Waals surface area contributed by atoms with Crippen molar-refractivity contribution in [1.82, 2.24) is 5.32 Å². The molecule has 0 heterocycles. The number of rotatable bonds is 6. The van der Waals surface area contributed by atoms with E-state index < -0.39 is 12.1 Å². The van der Waals surface area contributed by atoms with Crippen molar-refractivity contribution in [3.8, 4) is 28.4 Å². The summed E-state index contributed by atoms with van der Waals surface area (Å²) >= 11 is 8.14. The lowest BCUT2D eigenvalue weighted by Gasteiger charge is -2.21. The number of methoxy groups -OCH3 is 3. The highest BCUT2D eigenvalue weighted by atomic mass is 35.5. The van der Waals surface area contributed by atoms with E-state index in [0.717, 1.165) is 11.1 Å². The number of hydrogen-bond acceptors (Lipinski definition) is 7. The molecule has 0 aliphatic heterocycles. The lowest BCUT2D eigenvalue weighted by Crippen LogP contribution is -2.31. The molecule has 0 fully saturated rings. The van der Waals surface area contributed by atoms with Crippen LogP contribution in [0.25, 0.3) is 11.1 Å². The van der Waals surface area contributed by atoms with Crippen LogP contribution in [0.3, 0.4) is 0 Å². The Kier molecular flexibility index (Phi) is 8.02. The maximum atomic E-state index is 12.9. The fraction of sp³-hybridized carbons (Fsp3) is 0.417. The van der Waals surface area contributed by atoms with Gasteiger partial charge in [-0.1, -0.05) is 17.7 Å². The molecule has 7 nitrogen and oxygen atoms in total. The molecule has 0 unspecified atom stereocenters. The van der Waals surface area contributed by atoms with E-state index in [-0.39, 0.29) is 11.5 Å². The minimum Gasteiger partial charge on any atom is -0.492 e. The van der Waals surface area contributed by atoms with E-state index in [2.05, 4.69) is 5.32 Å². The van der Waals surface area contributed by atoms with Crippen LogP contribution < -0.4 is 25.0 Å². The van der Waals surface area contributed by atoms with Crippen molar-refractivity contribution in [2.24, 2.45) is 0 Å². The Hall–Kier alpha value is -2.58. The van der Waals surface area contributed by atoms with E-state index in [4.69, 9.17) is 30.5 Å². The van der Waals surface area contributed by atoms with Crippen LogP contribution in [0.5, 0.6) is 17.2 Å². The van der Waals surface area contributed by atoms with E-state index >= 15 is 0 Å². The maximum Gasteiger partial charge on any atom is 0.407 e. The fourth-order valence-corrected chi connectivity index (χ4v) is 4.89. The summed E-state index contributed by atoms with van der Waals surface area (Å²) in [7, 11) is 4.57. The van der Waals surface area contributed by atoms with Gasteiger partial charge in [0.15, 0.2) is 16.9 Å². The summed E-state index contributed by atoms with van der Waals surface area (Å²) in [6, 6.07) is 4.72. The van der Waals surface area contributed by atoms with Gasteiger partial charge in [-0.2, -0.15) is 0 Å². The van der Waals surface area contributed by atoms with Gasteiger partial charge in [-0.05, 0) is 61.8 Å². The topological polar surface area (TPSA) is 83.1 Å². The third kappa shape index (κ3) is 4.87. The van der Waals surface area contributed by atoms with Gasteiger partial charge in [0, 0.05) is 5.56 Å². The van der Waals surface area contributed by atoms with Crippen LogP contribution in [0, 0.1) is 0 Å². The lowest BCUT2D eigenvalue weighted by molar-refractivity contribution is 0.111. The number of benzene rings is 1. The third-order valence-corrected chi connectivity index (χ3v) is 6.62.